The third kappa shape index (κ3) is 3.62. The van der Waals surface area contributed by atoms with Crippen LogP contribution in [0.1, 0.15) is 6.92 Å². The summed E-state index contributed by atoms with van der Waals surface area (Å²) in [6.45, 7) is 0.484. The van der Waals surface area contributed by atoms with Crippen LogP contribution in [0.15, 0.2) is 12.4 Å². The van der Waals surface area contributed by atoms with Gasteiger partial charge in [0.25, 0.3) is 0 Å². The summed E-state index contributed by atoms with van der Waals surface area (Å²) in [5, 5.41) is 0.160. The summed E-state index contributed by atoms with van der Waals surface area (Å²) in [5.74, 6) is -4.80. The maximum Gasteiger partial charge on any atom is 0.323 e. The van der Waals surface area contributed by atoms with Crippen molar-refractivity contribution in [3.8, 4) is 0 Å². The number of hydrazine groups is 1. The van der Waals surface area contributed by atoms with Crippen LogP contribution in [0.25, 0.3) is 0 Å². The van der Waals surface area contributed by atoms with Crippen molar-refractivity contribution in [3.05, 3.63) is 17.5 Å². The Balaban J connectivity index is 2.51. The van der Waals surface area contributed by atoms with Gasteiger partial charge in [-0.3, -0.25) is 15.6 Å². The molecule has 0 aliphatic heterocycles. The van der Waals surface area contributed by atoms with Gasteiger partial charge in [0.2, 0.25) is 0 Å². The van der Waals surface area contributed by atoms with E-state index in [1.165, 1.54) is 12.4 Å². The lowest BCUT2D eigenvalue weighted by atomic mass is 10.4. The fourth-order valence-electron chi connectivity index (χ4n) is 0.607. The first-order valence-corrected chi connectivity index (χ1v) is 4.19. The van der Waals surface area contributed by atoms with Gasteiger partial charge >= 0.3 is 11.8 Å². The monoisotopic (exact) mass is 236 g/mol. The van der Waals surface area contributed by atoms with Gasteiger partial charge in [-0.2, -0.15) is 8.78 Å². The van der Waals surface area contributed by atoms with Crippen molar-refractivity contribution in [2.45, 2.75) is 12.8 Å². The number of carbonyl (C=O) groups excluding carboxylic acids is 1. The number of aromatic nitrogens is 2. The number of halogens is 3. The Morgan fingerprint density at radius 1 is 1.47 bits per heavy atom. The first kappa shape index (κ1) is 11.6. The van der Waals surface area contributed by atoms with Crippen LogP contribution in [0, 0.1) is 0 Å². The Bertz CT molecular complexity index is 351. The highest BCUT2D eigenvalue weighted by atomic mass is 35.5. The number of nitrogens with zero attached hydrogens (tertiary/aromatic N) is 2. The lowest BCUT2D eigenvalue weighted by Gasteiger charge is -2.11. The molecule has 0 atom stereocenters. The second-order valence-corrected chi connectivity index (χ2v) is 3.08. The van der Waals surface area contributed by atoms with Gasteiger partial charge in [0, 0.05) is 6.92 Å². The molecule has 0 fully saturated rings. The predicted octanol–water partition coefficient (Wildman–Crippen LogP) is 1.23. The van der Waals surface area contributed by atoms with Gasteiger partial charge in [0.1, 0.15) is 5.15 Å². The minimum atomic E-state index is -3.45. The molecule has 82 valence electrons. The van der Waals surface area contributed by atoms with Crippen LogP contribution < -0.4 is 10.9 Å². The van der Waals surface area contributed by atoms with E-state index in [-0.39, 0.29) is 11.0 Å². The number of carbonyl (C=O) groups is 1. The number of hydrogen-bond acceptors (Lipinski definition) is 4. The molecule has 15 heavy (non-hydrogen) atoms. The molecule has 1 aromatic heterocycles. The summed E-state index contributed by atoms with van der Waals surface area (Å²) in [7, 11) is 0. The zero-order chi connectivity index (χ0) is 11.5. The molecule has 0 aliphatic rings. The first-order valence-electron chi connectivity index (χ1n) is 3.81. The summed E-state index contributed by atoms with van der Waals surface area (Å²) in [5.41, 5.74) is 3.94. The lowest BCUT2D eigenvalue weighted by molar-refractivity contribution is -0.142. The standard InChI is InChI=1S/C7H7ClF2N4O/c1-7(9,10)6(15)14-13-5-3-11-4(8)2-12-5/h2-3H,1H3,(H,12,13)(H,14,15). The largest absolute Gasteiger partial charge is 0.323 e. The van der Waals surface area contributed by atoms with E-state index in [0.29, 0.717) is 6.92 Å². The maximum absolute atomic E-state index is 12.4. The Kier molecular flexibility index (Phi) is 3.35. The summed E-state index contributed by atoms with van der Waals surface area (Å²) >= 11 is 5.44. The topological polar surface area (TPSA) is 66.9 Å². The van der Waals surface area contributed by atoms with Crippen molar-refractivity contribution >= 4 is 23.3 Å². The Morgan fingerprint density at radius 3 is 2.60 bits per heavy atom. The van der Waals surface area contributed by atoms with E-state index in [1.807, 2.05) is 0 Å². The van der Waals surface area contributed by atoms with E-state index in [1.54, 1.807) is 5.43 Å². The number of amides is 1. The number of anilines is 1. The molecule has 0 aromatic carbocycles. The number of rotatable bonds is 3. The Hall–Kier alpha value is -1.50. The quantitative estimate of drug-likeness (QED) is 0.775. The van der Waals surface area contributed by atoms with Crippen LogP contribution in [0.4, 0.5) is 14.6 Å². The van der Waals surface area contributed by atoms with Crippen molar-refractivity contribution in [2.75, 3.05) is 5.43 Å². The minimum Gasteiger partial charge on any atom is -0.280 e. The third-order valence-electron chi connectivity index (χ3n) is 1.32. The van der Waals surface area contributed by atoms with Crippen molar-refractivity contribution < 1.29 is 13.6 Å². The zero-order valence-electron chi connectivity index (χ0n) is 7.59. The molecular weight excluding hydrogens is 230 g/mol. The summed E-state index contributed by atoms with van der Waals surface area (Å²) in [4.78, 5) is 18.0. The van der Waals surface area contributed by atoms with Gasteiger partial charge in [-0.15, -0.1) is 0 Å². The van der Waals surface area contributed by atoms with Gasteiger partial charge in [-0.05, 0) is 0 Å². The fraction of sp³-hybridized carbons (Fsp3) is 0.286. The van der Waals surface area contributed by atoms with Crippen LogP contribution in [0.3, 0.4) is 0 Å². The van der Waals surface area contributed by atoms with Gasteiger partial charge in [0.05, 0.1) is 12.4 Å². The molecule has 0 unspecified atom stereocenters. The van der Waals surface area contributed by atoms with Crippen LogP contribution in [0.2, 0.25) is 5.15 Å². The summed E-state index contributed by atoms with van der Waals surface area (Å²) in [6.07, 6.45) is 2.40. The highest BCUT2D eigenvalue weighted by molar-refractivity contribution is 6.29. The molecule has 0 saturated carbocycles. The molecule has 1 rings (SSSR count). The minimum absolute atomic E-state index is 0.108. The van der Waals surface area contributed by atoms with E-state index >= 15 is 0 Å². The zero-order valence-corrected chi connectivity index (χ0v) is 8.35. The second kappa shape index (κ2) is 4.35. The highest BCUT2D eigenvalue weighted by Crippen LogP contribution is 2.11. The van der Waals surface area contributed by atoms with Crippen LogP contribution in [-0.4, -0.2) is 21.8 Å². The predicted molar refractivity (Wildman–Crippen MR) is 49.4 cm³/mol. The first-order chi connectivity index (χ1) is 6.89. The van der Waals surface area contributed by atoms with E-state index in [0.717, 1.165) is 0 Å². The molecule has 1 amide bonds. The molecule has 0 saturated heterocycles. The van der Waals surface area contributed by atoms with Crippen molar-refractivity contribution in [1.82, 2.24) is 15.4 Å². The van der Waals surface area contributed by atoms with Crippen molar-refractivity contribution in [3.63, 3.8) is 0 Å². The number of hydrogen-bond donors (Lipinski definition) is 2. The summed E-state index contributed by atoms with van der Waals surface area (Å²) in [6, 6.07) is 0. The molecular formula is C7H7ClF2N4O. The van der Waals surface area contributed by atoms with Gasteiger partial charge in [-0.1, -0.05) is 11.6 Å². The smallest absolute Gasteiger partial charge is 0.280 e. The Morgan fingerprint density at radius 2 is 2.13 bits per heavy atom. The normalized spacial score (nSPS) is 10.9. The van der Waals surface area contributed by atoms with Gasteiger partial charge < -0.3 is 0 Å². The lowest BCUT2D eigenvalue weighted by Crippen LogP contribution is -2.41. The van der Waals surface area contributed by atoms with Gasteiger partial charge in [0.15, 0.2) is 5.82 Å². The number of nitrogens with one attached hydrogen (secondary N) is 2. The molecule has 0 radical (unpaired) electrons. The molecule has 0 spiro atoms. The molecule has 2 N–H and O–H groups in total. The van der Waals surface area contributed by atoms with Crippen molar-refractivity contribution in [1.29, 1.82) is 0 Å². The molecule has 1 heterocycles. The molecule has 0 bridgehead atoms. The van der Waals surface area contributed by atoms with E-state index in [9.17, 15) is 13.6 Å². The highest BCUT2D eigenvalue weighted by Gasteiger charge is 2.32. The average Bonchev–Trinajstić information content (AvgIpc) is 2.15. The average molecular weight is 237 g/mol. The van der Waals surface area contributed by atoms with Crippen LogP contribution in [0.5, 0.6) is 0 Å². The van der Waals surface area contributed by atoms with Crippen LogP contribution >= 0.6 is 11.6 Å². The molecule has 5 nitrogen and oxygen atoms in total. The third-order valence-corrected chi connectivity index (χ3v) is 1.52. The van der Waals surface area contributed by atoms with Crippen molar-refractivity contribution in [2.24, 2.45) is 0 Å². The summed E-state index contributed by atoms with van der Waals surface area (Å²) < 4.78 is 24.7. The fourth-order valence-corrected chi connectivity index (χ4v) is 0.705. The maximum atomic E-state index is 12.4. The Labute approximate surface area is 88.8 Å². The van der Waals surface area contributed by atoms with E-state index < -0.39 is 11.8 Å². The molecule has 0 aliphatic carbocycles. The van der Waals surface area contributed by atoms with E-state index in [4.69, 9.17) is 11.6 Å². The van der Waals surface area contributed by atoms with E-state index in [2.05, 4.69) is 15.4 Å². The molecule has 1 aromatic rings. The SMILES string of the molecule is CC(F)(F)C(=O)NNc1cnc(Cl)cn1. The number of alkyl halides is 2. The second-order valence-electron chi connectivity index (χ2n) is 2.69. The van der Waals surface area contributed by atoms with Gasteiger partial charge in [-0.25, -0.2) is 9.97 Å². The van der Waals surface area contributed by atoms with Crippen LogP contribution in [-0.2, 0) is 4.79 Å². The molecule has 8 heteroatoms.